The summed E-state index contributed by atoms with van der Waals surface area (Å²) in [5.74, 6) is 0. The Morgan fingerprint density at radius 1 is 1.33 bits per heavy atom. The molecule has 0 bridgehead atoms. The van der Waals surface area contributed by atoms with Crippen molar-refractivity contribution < 1.29 is 20.1 Å². The van der Waals surface area contributed by atoms with Crippen LogP contribution in [0.2, 0.25) is 0 Å². The number of rotatable bonds is 0. The molecule has 3 N–H and O–H groups in total. The Morgan fingerprint density at radius 2 is 2.00 bits per heavy atom. The maximum atomic E-state index is 8.83. The molecule has 1 aliphatic rings. The molecule has 0 amide bonds. The third-order valence-electron chi connectivity index (χ3n) is 1.25. The van der Waals surface area contributed by atoms with Gasteiger partial charge in [0.2, 0.25) is 0 Å². The van der Waals surface area contributed by atoms with Gasteiger partial charge in [0.05, 0.1) is 6.61 Å². The third-order valence-corrected chi connectivity index (χ3v) is 1.25. The quantitative estimate of drug-likeness (QED) is 0.367. The van der Waals surface area contributed by atoms with Gasteiger partial charge in [-0.05, 0) is 0 Å². The van der Waals surface area contributed by atoms with Gasteiger partial charge in [0.1, 0.15) is 24.9 Å². The minimum Gasteiger partial charge on any atom is -0.388 e. The van der Waals surface area contributed by atoms with Crippen LogP contribution in [0.25, 0.3) is 0 Å². The Balaban J connectivity index is 2.41. The molecule has 9 heavy (non-hydrogen) atoms. The minimum atomic E-state index is -1.10. The van der Waals surface area contributed by atoms with Crippen LogP contribution in [0.3, 0.4) is 0 Å². The molecular formula is C5H9O4. The van der Waals surface area contributed by atoms with Crippen LogP contribution in [0.15, 0.2) is 0 Å². The summed E-state index contributed by atoms with van der Waals surface area (Å²) < 4.78 is 4.58. The SMILES string of the molecule is OC1[CH]OCC(O)C1O. The van der Waals surface area contributed by atoms with Gasteiger partial charge in [-0.15, -0.1) is 0 Å². The molecule has 53 valence electrons. The summed E-state index contributed by atoms with van der Waals surface area (Å²) in [6.45, 7) is 1.16. The molecule has 1 heterocycles. The Kier molecular flexibility index (Phi) is 2.02. The van der Waals surface area contributed by atoms with E-state index in [0.717, 1.165) is 6.61 Å². The number of ether oxygens (including phenoxy) is 1. The van der Waals surface area contributed by atoms with Gasteiger partial charge in [-0.25, -0.2) is 0 Å². The van der Waals surface area contributed by atoms with Crippen LogP contribution in [-0.4, -0.2) is 40.2 Å². The highest BCUT2D eigenvalue weighted by Gasteiger charge is 2.29. The van der Waals surface area contributed by atoms with E-state index in [2.05, 4.69) is 4.74 Å². The molecule has 0 aromatic rings. The van der Waals surface area contributed by atoms with Crippen molar-refractivity contribution in [3.8, 4) is 0 Å². The predicted octanol–water partition coefficient (Wildman–Crippen LogP) is -1.74. The molecule has 0 aliphatic carbocycles. The predicted molar refractivity (Wildman–Crippen MR) is 28.3 cm³/mol. The minimum absolute atomic E-state index is 0.0538. The third kappa shape index (κ3) is 1.40. The topological polar surface area (TPSA) is 69.9 Å². The van der Waals surface area contributed by atoms with Gasteiger partial charge in [0.25, 0.3) is 0 Å². The van der Waals surface area contributed by atoms with Gasteiger partial charge in [-0.1, -0.05) is 0 Å². The highest BCUT2D eigenvalue weighted by molar-refractivity contribution is 4.85. The monoisotopic (exact) mass is 133 g/mol. The van der Waals surface area contributed by atoms with Crippen molar-refractivity contribution >= 4 is 0 Å². The first-order valence-corrected chi connectivity index (χ1v) is 2.71. The Labute approximate surface area is 52.7 Å². The molecule has 0 aromatic heterocycles. The number of aliphatic hydroxyl groups excluding tert-OH is 3. The fourth-order valence-corrected chi connectivity index (χ4v) is 0.659. The molecule has 0 spiro atoms. The first-order chi connectivity index (χ1) is 4.22. The molecule has 3 unspecified atom stereocenters. The van der Waals surface area contributed by atoms with Crippen molar-refractivity contribution in [2.45, 2.75) is 18.3 Å². The van der Waals surface area contributed by atoms with Gasteiger partial charge >= 0.3 is 0 Å². The highest BCUT2D eigenvalue weighted by atomic mass is 16.5. The molecular weight excluding hydrogens is 124 g/mol. The van der Waals surface area contributed by atoms with E-state index in [-0.39, 0.29) is 6.61 Å². The largest absolute Gasteiger partial charge is 0.388 e. The lowest BCUT2D eigenvalue weighted by molar-refractivity contribution is -0.124. The first-order valence-electron chi connectivity index (χ1n) is 2.71. The maximum absolute atomic E-state index is 8.83. The second kappa shape index (κ2) is 2.62. The average molecular weight is 133 g/mol. The van der Waals surface area contributed by atoms with E-state index < -0.39 is 18.3 Å². The maximum Gasteiger partial charge on any atom is 0.115 e. The molecule has 3 atom stereocenters. The van der Waals surface area contributed by atoms with Crippen LogP contribution in [-0.2, 0) is 4.74 Å². The zero-order valence-corrected chi connectivity index (χ0v) is 4.77. The Hall–Kier alpha value is -0.160. The smallest absolute Gasteiger partial charge is 0.115 e. The van der Waals surface area contributed by atoms with E-state index in [1.807, 2.05) is 0 Å². The Morgan fingerprint density at radius 3 is 2.44 bits per heavy atom. The van der Waals surface area contributed by atoms with E-state index >= 15 is 0 Å². The van der Waals surface area contributed by atoms with Crippen LogP contribution in [0.1, 0.15) is 0 Å². The average Bonchev–Trinajstić information content (AvgIpc) is 1.83. The molecule has 1 saturated heterocycles. The van der Waals surface area contributed by atoms with Crippen molar-refractivity contribution in [3.63, 3.8) is 0 Å². The molecule has 0 saturated carbocycles. The molecule has 4 nitrogen and oxygen atoms in total. The molecule has 1 fully saturated rings. The standard InChI is InChI=1S/C5H9O4/c6-3-1-9-2-4(7)5(3)8/h1,3-8H,2H2. The molecule has 0 aromatic carbocycles. The lowest BCUT2D eigenvalue weighted by Crippen LogP contribution is -2.44. The van der Waals surface area contributed by atoms with Gasteiger partial charge < -0.3 is 20.1 Å². The van der Waals surface area contributed by atoms with Crippen molar-refractivity contribution in [1.29, 1.82) is 0 Å². The fraction of sp³-hybridized carbons (Fsp3) is 0.800. The van der Waals surface area contributed by atoms with E-state index in [0.29, 0.717) is 0 Å². The van der Waals surface area contributed by atoms with Gasteiger partial charge in [-0.2, -0.15) is 0 Å². The fourth-order valence-electron chi connectivity index (χ4n) is 0.659. The number of hydrogen-bond acceptors (Lipinski definition) is 4. The summed E-state index contributed by atoms with van der Waals surface area (Å²) in [4.78, 5) is 0. The summed E-state index contributed by atoms with van der Waals surface area (Å²) in [6, 6.07) is 0. The Bertz CT molecular complexity index is 85.0. The van der Waals surface area contributed by atoms with E-state index in [1.54, 1.807) is 0 Å². The highest BCUT2D eigenvalue weighted by Crippen LogP contribution is 2.10. The zero-order chi connectivity index (χ0) is 6.85. The van der Waals surface area contributed by atoms with Crippen LogP contribution < -0.4 is 0 Å². The van der Waals surface area contributed by atoms with E-state index in [4.69, 9.17) is 15.3 Å². The lowest BCUT2D eigenvalue weighted by Gasteiger charge is -2.27. The second-order valence-electron chi connectivity index (χ2n) is 2.02. The van der Waals surface area contributed by atoms with E-state index in [9.17, 15) is 0 Å². The number of aliphatic hydroxyl groups is 3. The lowest BCUT2D eigenvalue weighted by atomic mass is 10.1. The first kappa shape index (κ1) is 6.95. The van der Waals surface area contributed by atoms with E-state index in [1.165, 1.54) is 0 Å². The second-order valence-corrected chi connectivity index (χ2v) is 2.02. The molecule has 1 rings (SSSR count). The summed E-state index contributed by atoms with van der Waals surface area (Å²) in [5.41, 5.74) is 0. The van der Waals surface area contributed by atoms with Gasteiger partial charge in [0, 0.05) is 0 Å². The van der Waals surface area contributed by atoms with Crippen molar-refractivity contribution in [2.24, 2.45) is 0 Å². The number of hydrogen-bond donors (Lipinski definition) is 3. The van der Waals surface area contributed by atoms with Crippen LogP contribution in [0.5, 0.6) is 0 Å². The summed E-state index contributed by atoms with van der Waals surface area (Å²) in [5, 5.41) is 26.4. The molecule has 4 heteroatoms. The zero-order valence-electron chi connectivity index (χ0n) is 4.77. The molecule has 1 radical (unpaired) electrons. The summed E-state index contributed by atoms with van der Waals surface area (Å²) in [7, 11) is 0. The van der Waals surface area contributed by atoms with Crippen LogP contribution >= 0.6 is 0 Å². The van der Waals surface area contributed by atoms with Gasteiger partial charge in [0.15, 0.2) is 0 Å². The normalized spacial score (nSPS) is 45.0. The van der Waals surface area contributed by atoms with Crippen LogP contribution in [0.4, 0.5) is 0 Å². The van der Waals surface area contributed by atoms with Crippen LogP contribution in [0, 0.1) is 6.61 Å². The summed E-state index contributed by atoms with van der Waals surface area (Å²) >= 11 is 0. The molecule has 1 aliphatic heterocycles. The van der Waals surface area contributed by atoms with Crippen molar-refractivity contribution in [2.75, 3.05) is 6.61 Å². The van der Waals surface area contributed by atoms with Gasteiger partial charge in [-0.3, -0.25) is 0 Å². The van der Waals surface area contributed by atoms with Crippen molar-refractivity contribution in [1.82, 2.24) is 0 Å². The van der Waals surface area contributed by atoms with Crippen molar-refractivity contribution in [3.05, 3.63) is 6.61 Å². The summed E-state index contributed by atoms with van der Waals surface area (Å²) in [6.07, 6.45) is -3.13.